The molecule has 0 amide bonds. The number of thiophene rings is 1. The number of thiazole rings is 1. The Morgan fingerprint density at radius 2 is 2.04 bits per heavy atom. The molecule has 4 aromatic rings. The number of benzene rings is 1. The van der Waals surface area contributed by atoms with Gasteiger partial charge in [-0.05, 0) is 30.0 Å². The molecule has 7 heteroatoms. The van der Waals surface area contributed by atoms with Crippen LogP contribution in [0.2, 0.25) is 0 Å². The molecule has 3 heterocycles. The molecule has 0 unspecified atom stereocenters. The zero-order chi connectivity index (χ0) is 18.5. The lowest BCUT2D eigenvalue weighted by molar-refractivity contribution is 0.416. The average Bonchev–Trinajstić information content (AvgIpc) is 3.45. The van der Waals surface area contributed by atoms with Crippen molar-refractivity contribution in [1.82, 2.24) is 14.1 Å². The van der Waals surface area contributed by atoms with E-state index in [1.54, 1.807) is 29.8 Å². The van der Waals surface area contributed by atoms with Crippen molar-refractivity contribution in [1.29, 1.82) is 0 Å². The standard InChI is InChI=1S/C20H20N4OS2/c1-25-18-7-3-2-6-16(18)22-20-24(11-5-10-23-12-9-21-15-23)17(14-27-20)19-8-4-13-26-19/h2-4,6-9,12-15H,5,10-11H2,1H3. The van der Waals surface area contributed by atoms with Gasteiger partial charge in [0.05, 0.1) is 24.0 Å². The van der Waals surface area contributed by atoms with Gasteiger partial charge in [-0.3, -0.25) is 0 Å². The largest absolute Gasteiger partial charge is 0.494 e. The zero-order valence-electron chi connectivity index (χ0n) is 15.0. The number of hydrogen-bond donors (Lipinski definition) is 0. The molecule has 0 N–H and O–H groups in total. The van der Waals surface area contributed by atoms with Gasteiger partial charge >= 0.3 is 0 Å². The molecule has 0 radical (unpaired) electrons. The van der Waals surface area contributed by atoms with Crippen molar-refractivity contribution in [3.63, 3.8) is 0 Å². The summed E-state index contributed by atoms with van der Waals surface area (Å²) in [4.78, 5) is 11.3. The number of rotatable bonds is 7. The number of para-hydroxylation sites is 2. The van der Waals surface area contributed by atoms with E-state index in [9.17, 15) is 0 Å². The summed E-state index contributed by atoms with van der Waals surface area (Å²) in [6, 6.07) is 12.1. The lowest BCUT2D eigenvalue weighted by Gasteiger charge is -2.09. The fourth-order valence-electron chi connectivity index (χ4n) is 2.91. The van der Waals surface area contributed by atoms with Gasteiger partial charge in [0, 0.05) is 30.9 Å². The average molecular weight is 397 g/mol. The second-order valence-electron chi connectivity index (χ2n) is 5.97. The first-order chi connectivity index (χ1) is 13.3. The van der Waals surface area contributed by atoms with Gasteiger partial charge in [-0.1, -0.05) is 18.2 Å². The van der Waals surface area contributed by atoms with Gasteiger partial charge in [-0.25, -0.2) is 9.98 Å². The van der Waals surface area contributed by atoms with Crippen molar-refractivity contribution in [2.75, 3.05) is 7.11 Å². The topological polar surface area (TPSA) is 44.3 Å². The highest BCUT2D eigenvalue weighted by molar-refractivity contribution is 7.14. The van der Waals surface area contributed by atoms with Crippen LogP contribution >= 0.6 is 22.7 Å². The van der Waals surface area contributed by atoms with Crippen LogP contribution in [0.1, 0.15) is 6.42 Å². The number of aromatic nitrogens is 3. The van der Waals surface area contributed by atoms with Gasteiger partial charge < -0.3 is 13.9 Å². The Kier molecular flexibility index (Phi) is 5.50. The van der Waals surface area contributed by atoms with E-state index < -0.39 is 0 Å². The van der Waals surface area contributed by atoms with Crippen molar-refractivity contribution in [3.8, 4) is 16.3 Å². The molecule has 0 spiro atoms. The first-order valence-electron chi connectivity index (χ1n) is 8.71. The number of ether oxygens (including phenoxy) is 1. The summed E-state index contributed by atoms with van der Waals surface area (Å²) in [7, 11) is 1.68. The Balaban J connectivity index is 1.69. The molecule has 3 aromatic heterocycles. The molecule has 0 aliphatic heterocycles. The van der Waals surface area contributed by atoms with Crippen molar-refractivity contribution in [2.45, 2.75) is 19.5 Å². The van der Waals surface area contributed by atoms with E-state index in [4.69, 9.17) is 9.73 Å². The van der Waals surface area contributed by atoms with Gasteiger partial charge in [-0.2, -0.15) is 0 Å². The third-order valence-electron chi connectivity index (χ3n) is 4.23. The van der Waals surface area contributed by atoms with Crippen molar-refractivity contribution < 1.29 is 4.74 Å². The molecule has 0 aliphatic carbocycles. The van der Waals surface area contributed by atoms with E-state index in [0.717, 1.165) is 35.7 Å². The molecular weight excluding hydrogens is 376 g/mol. The Hall–Kier alpha value is -2.64. The Labute approximate surface area is 165 Å². The van der Waals surface area contributed by atoms with Crippen LogP contribution in [0.15, 0.2) is 70.9 Å². The third kappa shape index (κ3) is 4.04. The number of nitrogens with zero attached hydrogens (tertiary/aromatic N) is 4. The van der Waals surface area contributed by atoms with E-state index >= 15 is 0 Å². The minimum Gasteiger partial charge on any atom is -0.494 e. The quantitative estimate of drug-likeness (QED) is 0.450. The van der Waals surface area contributed by atoms with Gasteiger partial charge in [0.25, 0.3) is 0 Å². The van der Waals surface area contributed by atoms with Crippen LogP contribution in [0.3, 0.4) is 0 Å². The first-order valence-corrected chi connectivity index (χ1v) is 10.5. The van der Waals surface area contributed by atoms with E-state index in [1.807, 2.05) is 43.0 Å². The molecule has 5 nitrogen and oxygen atoms in total. The maximum absolute atomic E-state index is 5.46. The highest BCUT2D eigenvalue weighted by Gasteiger charge is 2.10. The Morgan fingerprint density at radius 3 is 2.81 bits per heavy atom. The van der Waals surface area contributed by atoms with Crippen LogP contribution in [0.25, 0.3) is 10.6 Å². The summed E-state index contributed by atoms with van der Waals surface area (Å²) in [6.45, 7) is 1.82. The second-order valence-corrected chi connectivity index (χ2v) is 7.75. The molecule has 0 atom stereocenters. The summed E-state index contributed by atoms with van der Waals surface area (Å²) in [6.07, 6.45) is 6.68. The second kappa shape index (κ2) is 8.37. The summed E-state index contributed by atoms with van der Waals surface area (Å²) in [5.74, 6) is 0.786. The predicted octanol–water partition coefficient (Wildman–Crippen LogP) is 4.81. The molecule has 0 aliphatic rings. The van der Waals surface area contributed by atoms with Crippen LogP contribution in [0, 0.1) is 0 Å². The number of methoxy groups -OCH3 is 1. The molecule has 4 rings (SSSR count). The molecule has 0 bridgehead atoms. The zero-order valence-corrected chi connectivity index (χ0v) is 16.6. The van der Waals surface area contributed by atoms with Crippen molar-refractivity contribution >= 4 is 28.4 Å². The summed E-state index contributed by atoms with van der Waals surface area (Å²) in [5, 5.41) is 4.30. The van der Waals surface area contributed by atoms with Crippen molar-refractivity contribution in [3.05, 3.63) is 70.7 Å². The molecular formula is C20H20N4OS2. The Bertz CT molecular complexity index is 1050. The molecule has 138 valence electrons. The maximum atomic E-state index is 5.46. The minimum atomic E-state index is 0.786. The number of hydrogen-bond acceptors (Lipinski definition) is 5. The fourth-order valence-corrected chi connectivity index (χ4v) is 4.68. The van der Waals surface area contributed by atoms with E-state index in [1.165, 1.54) is 10.6 Å². The smallest absolute Gasteiger partial charge is 0.190 e. The highest BCUT2D eigenvalue weighted by Crippen LogP contribution is 2.28. The maximum Gasteiger partial charge on any atom is 0.190 e. The minimum absolute atomic E-state index is 0.786. The molecule has 0 saturated carbocycles. The number of aryl methyl sites for hydroxylation is 1. The molecule has 1 aromatic carbocycles. The lowest BCUT2D eigenvalue weighted by Crippen LogP contribution is -2.17. The van der Waals surface area contributed by atoms with E-state index in [0.29, 0.717) is 0 Å². The highest BCUT2D eigenvalue weighted by atomic mass is 32.1. The molecule has 27 heavy (non-hydrogen) atoms. The monoisotopic (exact) mass is 396 g/mol. The van der Waals surface area contributed by atoms with Crippen LogP contribution in [-0.4, -0.2) is 21.2 Å². The van der Waals surface area contributed by atoms with Gasteiger partial charge in [0.2, 0.25) is 0 Å². The first kappa shape index (κ1) is 17.8. The third-order valence-corrected chi connectivity index (χ3v) is 5.99. The van der Waals surface area contributed by atoms with Gasteiger partial charge in [0.15, 0.2) is 4.80 Å². The summed E-state index contributed by atoms with van der Waals surface area (Å²) < 4.78 is 9.87. The summed E-state index contributed by atoms with van der Waals surface area (Å²) >= 11 is 3.42. The number of imidazole rings is 1. The molecule has 0 saturated heterocycles. The van der Waals surface area contributed by atoms with Gasteiger partial charge in [0.1, 0.15) is 11.4 Å². The van der Waals surface area contributed by atoms with Crippen LogP contribution in [-0.2, 0) is 13.1 Å². The molecule has 0 fully saturated rings. The lowest BCUT2D eigenvalue weighted by atomic mass is 10.3. The summed E-state index contributed by atoms with van der Waals surface area (Å²) in [5.41, 5.74) is 2.07. The predicted molar refractivity (Wildman–Crippen MR) is 111 cm³/mol. The van der Waals surface area contributed by atoms with Crippen LogP contribution < -0.4 is 9.54 Å². The SMILES string of the molecule is COc1ccccc1N=c1scc(-c2cccs2)n1CCCn1ccnc1. The fraction of sp³-hybridized carbons (Fsp3) is 0.200. The van der Waals surface area contributed by atoms with E-state index in [2.05, 4.69) is 37.0 Å². The van der Waals surface area contributed by atoms with E-state index in [-0.39, 0.29) is 0 Å². The van der Waals surface area contributed by atoms with Crippen molar-refractivity contribution in [2.24, 2.45) is 4.99 Å². The van der Waals surface area contributed by atoms with Gasteiger partial charge in [-0.15, -0.1) is 22.7 Å². The van der Waals surface area contributed by atoms with Crippen LogP contribution in [0.4, 0.5) is 5.69 Å². The Morgan fingerprint density at radius 1 is 1.11 bits per heavy atom. The van der Waals surface area contributed by atoms with Crippen LogP contribution in [0.5, 0.6) is 5.75 Å². The normalized spacial score (nSPS) is 11.8.